The minimum absolute atomic E-state index is 0.148. The van der Waals surface area contributed by atoms with E-state index in [-0.39, 0.29) is 29.5 Å². The van der Waals surface area contributed by atoms with Crippen LogP contribution in [-0.4, -0.2) is 28.1 Å². The zero-order valence-corrected chi connectivity index (χ0v) is 16.7. The molecule has 150 valence electrons. The van der Waals surface area contributed by atoms with Gasteiger partial charge in [0.25, 0.3) is 11.5 Å². The van der Waals surface area contributed by atoms with Gasteiger partial charge in [0, 0.05) is 35.6 Å². The second-order valence-electron chi connectivity index (χ2n) is 6.43. The fraction of sp³-hybridized carbons (Fsp3) is 0.238. The van der Waals surface area contributed by atoms with Crippen LogP contribution in [0.5, 0.6) is 0 Å². The summed E-state index contributed by atoms with van der Waals surface area (Å²) in [4.78, 5) is 37.0. The summed E-state index contributed by atoms with van der Waals surface area (Å²) in [5.74, 6) is -0.522. The molecular formula is C21H21ClN4O3. The lowest BCUT2D eigenvalue weighted by Crippen LogP contribution is -2.31. The van der Waals surface area contributed by atoms with Crippen molar-refractivity contribution in [2.24, 2.45) is 0 Å². The van der Waals surface area contributed by atoms with Gasteiger partial charge in [-0.2, -0.15) is 5.10 Å². The average Bonchev–Trinajstić information content (AvgIpc) is 2.73. The molecule has 0 fully saturated rings. The molecule has 3 rings (SSSR count). The number of aryl methyl sites for hydroxylation is 1. The third-order valence-corrected chi connectivity index (χ3v) is 4.63. The average molecular weight is 413 g/mol. The molecule has 0 aliphatic carbocycles. The van der Waals surface area contributed by atoms with E-state index in [1.54, 1.807) is 55.5 Å². The summed E-state index contributed by atoms with van der Waals surface area (Å²) in [6.45, 7) is 2.48. The van der Waals surface area contributed by atoms with Crippen LogP contribution in [0.25, 0.3) is 10.8 Å². The van der Waals surface area contributed by atoms with Crippen LogP contribution < -0.4 is 16.2 Å². The quantitative estimate of drug-likeness (QED) is 0.583. The van der Waals surface area contributed by atoms with Crippen molar-refractivity contribution in [3.05, 3.63) is 69.6 Å². The maximum Gasteiger partial charge on any atom is 0.274 e. The maximum absolute atomic E-state index is 12.6. The van der Waals surface area contributed by atoms with Crippen LogP contribution in [0.2, 0.25) is 5.02 Å². The van der Waals surface area contributed by atoms with Gasteiger partial charge in [0.05, 0.1) is 5.39 Å². The molecule has 2 N–H and O–H groups in total. The molecule has 0 bridgehead atoms. The standard InChI is InChI=1S/C21H21ClN4O3/c1-2-26-21(29)17-7-4-3-6-16(17)19(25-26)20(28)23-13-5-8-18(27)24-15-11-9-14(22)10-12-15/h3-4,6-7,9-12H,2,5,8,13H2,1H3,(H,23,28)(H,24,27). The Bertz CT molecular complexity index is 1090. The first-order valence-corrected chi connectivity index (χ1v) is 9.71. The highest BCUT2D eigenvalue weighted by Crippen LogP contribution is 2.14. The highest BCUT2D eigenvalue weighted by atomic mass is 35.5. The summed E-state index contributed by atoms with van der Waals surface area (Å²) in [7, 11) is 0. The van der Waals surface area contributed by atoms with Gasteiger partial charge in [0.2, 0.25) is 5.91 Å². The monoisotopic (exact) mass is 412 g/mol. The summed E-state index contributed by atoms with van der Waals surface area (Å²) < 4.78 is 1.27. The lowest BCUT2D eigenvalue weighted by atomic mass is 10.1. The first-order valence-electron chi connectivity index (χ1n) is 9.33. The van der Waals surface area contributed by atoms with Crippen LogP contribution >= 0.6 is 11.6 Å². The minimum Gasteiger partial charge on any atom is -0.351 e. The Balaban J connectivity index is 1.58. The second kappa shape index (κ2) is 9.34. The number of amides is 2. The number of aromatic nitrogens is 2. The number of nitrogens with zero attached hydrogens (tertiary/aromatic N) is 2. The first-order chi connectivity index (χ1) is 14.0. The third-order valence-electron chi connectivity index (χ3n) is 4.38. The molecule has 0 aliphatic heterocycles. The molecule has 0 unspecified atom stereocenters. The van der Waals surface area contributed by atoms with Crippen LogP contribution in [0.3, 0.4) is 0 Å². The van der Waals surface area contributed by atoms with E-state index in [1.807, 2.05) is 0 Å². The summed E-state index contributed by atoms with van der Waals surface area (Å²) in [5.41, 5.74) is 0.645. The van der Waals surface area contributed by atoms with E-state index in [0.29, 0.717) is 41.0 Å². The van der Waals surface area contributed by atoms with E-state index in [9.17, 15) is 14.4 Å². The van der Waals surface area contributed by atoms with Crippen molar-refractivity contribution in [2.45, 2.75) is 26.3 Å². The van der Waals surface area contributed by atoms with Crippen LogP contribution in [0.4, 0.5) is 5.69 Å². The molecule has 2 aromatic carbocycles. The molecule has 0 aliphatic rings. The van der Waals surface area contributed by atoms with Gasteiger partial charge < -0.3 is 10.6 Å². The van der Waals surface area contributed by atoms with E-state index in [0.717, 1.165) is 0 Å². The number of hydrogen-bond donors (Lipinski definition) is 2. The van der Waals surface area contributed by atoms with Crippen LogP contribution in [0, 0.1) is 0 Å². The van der Waals surface area contributed by atoms with Crippen molar-refractivity contribution in [2.75, 3.05) is 11.9 Å². The van der Waals surface area contributed by atoms with Crippen molar-refractivity contribution in [1.82, 2.24) is 15.1 Å². The molecule has 0 saturated heterocycles. The summed E-state index contributed by atoms with van der Waals surface area (Å²) in [5, 5.41) is 11.3. The van der Waals surface area contributed by atoms with Gasteiger partial charge in [-0.1, -0.05) is 29.8 Å². The van der Waals surface area contributed by atoms with Crippen LogP contribution in [0.15, 0.2) is 53.3 Å². The topological polar surface area (TPSA) is 93.1 Å². The molecule has 29 heavy (non-hydrogen) atoms. The van der Waals surface area contributed by atoms with Gasteiger partial charge in [0.1, 0.15) is 0 Å². The fourth-order valence-electron chi connectivity index (χ4n) is 2.91. The van der Waals surface area contributed by atoms with E-state index in [4.69, 9.17) is 11.6 Å². The Kier molecular flexibility index (Phi) is 6.61. The van der Waals surface area contributed by atoms with E-state index < -0.39 is 0 Å². The highest BCUT2D eigenvalue weighted by molar-refractivity contribution is 6.30. The zero-order valence-electron chi connectivity index (χ0n) is 15.9. The molecule has 7 nitrogen and oxygen atoms in total. The molecule has 0 spiro atoms. The number of rotatable bonds is 7. The van der Waals surface area contributed by atoms with Crippen molar-refractivity contribution >= 4 is 39.9 Å². The SMILES string of the molecule is CCn1nc(C(=O)NCCCC(=O)Nc2ccc(Cl)cc2)c2ccccc2c1=O. The second-order valence-corrected chi connectivity index (χ2v) is 6.87. The third kappa shape index (κ3) is 5.00. The molecule has 0 radical (unpaired) electrons. The van der Waals surface area contributed by atoms with Gasteiger partial charge in [-0.15, -0.1) is 0 Å². The minimum atomic E-state index is -0.374. The normalized spacial score (nSPS) is 10.7. The zero-order chi connectivity index (χ0) is 20.8. The molecular weight excluding hydrogens is 392 g/mol. The maximum atomic E-state index is 12.6. The molecule has 2 amide bonds. The molecule has 3 aromatic rings. The summed E-state index contributed by atoms with van der Waals surface area (Å²) >= 11 is 5.82. The van der Waals surface area contributed by atoms with Crippen molar-refractivity contribution in [1.29, 1.82) is 0 Å². The number of hydrogen-bond acceptors (Lipinski definition) is 4. The number of fused-ring (bicyclic) bond motifs is 1. The lowest BCUT2D eigenvalue weighted by molar-refractivity contribution is -0.116. The molecule has 1 heterocycles. The van der Waals surface area contributed by atoms with Gasteiger partial charge in [-0.25, -0.2) is 4.68 Å². The number of carbonyl (C=O) groups is 2. The molecule has 8 heteroatoms. The number of carbonyl (C=O) groups excluding carboxylic acids is 2. The summed E-state index contributed by atoms with van der Waals surface area (Å²) in [6.07, 6.45) is 0.724. The fourth-order valence-corrected chi connectivity index (χ4v) is 3.03. The van der Waals surface area contributed by atoms with Crippen LogP contribution in [-0.2, 0) is 11.3 Å². The van der Waals surface area contributed by atoms with Gasteiger partial charge in [-0.05, 0) is 43.7 Å². The Hall–Kier alpha value is -3.19. The smallest absolute Gasteiger partial charge is 0.274 e. The number of anilines is 1. The first kappa shape index (κ1) is 20.5. The Morgan fingerprint density at radius 3 is 2.45 bits per heavy atom. The Morgan fingerprint density at radius 2 is 1.76 bits per heavy atom. The Labute approximate surface area is 172 Å². The lowest BCUT2D eigenvalue weighted by Gasteiger charge is -2.10. The van der Waals surface area contributed by atoms with Crippen molar-refractivity contribution < 1.29 is 9.59 Å². The predicted molar refractivity (Wildman–Crippen MR) is 113 cm³/mol. The van der Waals surface area contributed by atoms with Gasteiger partial charge in [-0.3, -0.25) is 14.4 Å². The molecule has 0 saturated carbocycles. The highest BCUT2D eigenvalue weighted by Gasteiger charge is 2.15. The molecule has 1 aromatic heterocycles. The number of halogens is 1. The largest absolute Gasteiger partial charge is 0.351 e. The predicted octanol–water partition coefficient (Wildman–Crippen LogP) is 3.22. The summed E-state index contributed by atoms with van der Waals surface area (Å²) in [6, 6.07) is 13.8. The van der Waals surface area contributed by atoms with E-state index in [1.165, 1.54) is 4.68 Å². The number of benzene rings is 2. The van der Waals surface area contributed by atoms with E-state index in [2.05, 4.69) is 15.7 Å². The molecule has 0 atom stereocenters. The van der Waals surface area contributed by atoms with Crippen molar-refractivity contribution in [3.63, 3.8) is 0 Å². The van der Waals surface area contributed by atoms with Gasteiger partial charge in [0.15, 0.2) is 5.69 Å². The van der Waals surface area contributed by atoms with Crippen LogP contribution in [0.1, 0.15) is 30.3 Å². The number of nitrogens with one attached hydrogen (secondary N) is 2. The van der Waals surface area contributed by atoms with E-state index >= 15 is 0 Å². The Morgan fingerprint density at radius 1 is 1.07 bits per heavy atom. The van der Waals surface area contributed by atoms with Gasteiger partial charge >= 0.3 is 0 Å². The van der Waals surface area contributed by atoms with Crippen molar-refractivity contribution in [3.8, 4) is 0 Å².